The number of rotatable bonds is 32. The van der Waals surface area contributed by atoms with Gasteiger partial charge in [0, 0.05) is 49.3 Å². The summed E-state index contributed by atoms with van der Waals surface area (Å²) in [4.78, 5) is 9.37. The Morgan fingerprint density at radius 2 is 1.44 bits per heavy atom. The zero-order chi connectivity index (χ0) is 42.9. The lowest BCUT2D eigenvalue weighted by atomic mass is 10.1. The molecule has 1 aliphatic rings. The number of anilines is 1. The van der Waals surface area contributed by atoms with E-state index in [2.05, 4.69) is 21.7 Å². The Hall–Kier alpha value is -4.43. The third kappa shape index (κ3) is 16.4. The molecule has 336 valence electrons. The number of aromatic hydroxyl groups is 1. The second-order valence-corrected chi connectivity index (χ2v) is 14.3. The zero-order valence-corrected chi connectivity index (χ0v) is 36.0. The lowest BCUT2D eigenvalue weighted by molar-refractivity contribution is -0.0227. The van der Waals surface area contributed by atoms with E-state index in [0.29, 0.717) is 141 Å². The third-order valence-electron chi connectivity index (χ3n) is 9.82. The van der Waals surface area contributed by atoms with Gasteiger partial charge in [-0.3, -0.25) is 0 Å². The normalized spacial score (nSPS) is 14.3. The molecule has 1 fully saturated rings. The Kier molecular flexibility index (Phi) is 21.5. The van der Waals surface area contributed by atoms with Crippen LogP contribution in [0.15, 0.2) is 53.9 Å². The van der Waals surface area contributed by atoms with Crippen LogP contribution in [-0.2, 0) is 44.3 Å². The molecule has 1 saturated heterocycles. The van der Waals surface area contributed by atoms with Gasteiger partial charge in [0.1, 0.15) is 18.2 Å². The van der Waals surface area contributed by atoms with Gasteiger partial charge in [-0.2, -0.15) is 5.10 Å². The minimum atomic E-state index is 0.201. The molecular formula is C44H65N7O10. The fourth-order valence-electron chi connectivity index (χ4n) is 6.57. The highest BCUT2D eigenvalue weighted by atomic mass is 16.6. The Labute approximate surface area is 359 Å². The summed E-state index contributed by atoms with van der Waals surface area (Å²) in [7, 11) is 1.65. The van der Waals surface area contributed by atoms with Gasteiger partial charge in [-0.1, -0.05) is 6.92 Å². The average molecular weight is 852 g/mol. The Morgan fingerprint density at radius 1 is 0.836 bits per heavy atom. The van der Waals surface area contributed by atoms with E-state index in [9.17, 15) is 5.11 Å². The van der Waals surface area contributed by atoms with Crippen LogP contribution in [0.2, 0.25) is 0 Å². The number of methoxy groups -OCH3 is 1. The van der Waals surface area contributed by atoms with Gasteiger partial charge in [-0.05, 0) is 68.1 Å². The summed E-state index contributed by atoms with van der Waals surface area (Å²) in [5.74, 6) is 1.07. The number of nitrogens with zero attached hydrogens (tertiary/aromatic N) is 4. The Balaban J connectivity index is 0.982. The van der Waals surface area contributed by atoms with Gasteiger partial charge in [0.2, 0.25) is 5.88 Å². The molecule has 0 amide bonds. The number of hydrogen-bond acceptors (Lipinski definition) is 15. The van der Waals surface area contributed by atoms with Gasteiger partial charge in [0.25, 0.3) is 0 Å². The first-order valence-electron chi connectivity index (χ1n) is 21.2. The molecule has 0 spiro atoms. The number of aliphatic imine (C=N–C) groups is 1. The van der Waals surface area contributed by atoms with Gasteiger partial charge >= 0.3 is 0 Å². The van der Waals surface area contributed by atoms with E-state index >= 15 is 0 Å². The van der Waals surface area contributed by atoms with Crippen molar-refractivity contribution in [1.82, 2.24) is 19.9 Å². The number of phenolic OH excluding ortho intramolecular Hbond substituents is 1. The molecule has 4 heterocycles. The quantitative estimate of drug-likeness (QED) is 0.0308. The molecule has 5 N–H and O–H groups in total. The van der Waals surface area contributed by atoms with Gasteiger partial charge < -0.3 is 64.1 Å². The first-order chi connectivity index (χ1) is 30.0. The molecule has 0 aliphatic carbocycles. The van der Waals surface area contributed by atoms with Crippen LogP contribution in [0.25, 0.3) is 16.6 Å². The number of benzene rings is 1. The van der Waals surface area contributed by atoms with E-state index in [4.69, 9.17) is 58.5 Å². The van der Waals surface area contributed by atoms with Crippen molar-refractivity contribution in [3.8, 4) is 22.8 Å². The van der Waals surface area contributed by atoms with Crippen molar-refractivity contribution >= 4 is 22.7 Å². The van der Waals surface area contributed by atoms with Gasteiger partial charge in [0.05, 0.1) is 128 Å². The lowest BCUT2D eigenvalue weighted by Gasteiger charge is -2.17. The van der Waals surface area contributed by atoms with E-state index in [1.54, 1.807) is 31.5 Å². The summed E-state index contributed by atoms with van der Waals surface area (Å²) < 4.78 is 51.2. The second-order valence-electron chi connectivity index (χ2n) is 14.3. The SMILES string of the molecule is CCc1cc(O)ccc1N=C(N)c1cnn2cc(-c3cnc(OCCOCCOCCOCCOCCOCCOCCOCCOC)cc3C)cc2c1NC[C@H]1CCCN1. The number of phenols is 1. The van der Waals surface area contributed by atoms with E-state index in [0.717, 1.165) is 59.4 Å². The third-order valence-corrected chi connectivity index (χ3v) is 9.82. The summed E-state index contributed by atoms with van der Waals surface area (Å²) in [5, 5.41) is 21.9. The minimum Gasteiger partial charge on any atom is -0.508 e. The molecule has 4 aromatic rings. The Morgan fingerprint density at radius 3 is 2.00 bits per heavy atom. The summed E-state index contributed by atoms with van der Waals surface area (Å²) in [6, 6.07) is 9.51. The molecule has 0 bridgehead atoms. The molecule has 17 heteroatoms. The number of aryl methyl sites for hydroxylation is 2. The van der Waals surface area contributed by atoms with Crippen LogP contribution in [0.1, 0.15) is 36.5 Å². The second kappa shape index (κ2) is 27.5. The van der Waals surface area contributed by atoms with Crippen LogP contribution in [0.3, 0.4) is 0 Å². The number of amidine groups is 1. The summed E-state index contributed by atoms with van der Waals surface area (Å²) in [5.41, 5.74) is 13.7. The highest BCUT2D eigenvalue weighted by molar-refractivity contribution is 6.06. The first kappa shape index (κ1) is 47.6. The number of nitrogens with two attached hydrogens (primary N) is 1. The average Bonchev–Trinajstić information content (AvgIpc) is 3.96. The van der Waals surface area contributed by atoms with E-state index in [1.165, 1.54) is 0 Å². The molecule has 0 radical (unpaired) electrons. The minimum absolute atomic E-state index is 0.201. The maximum absolute atomic E-state index is 10.00. The monoisotopic (exact) mass is 851 g/mol. The van der Waals surface area contributed by atoms with Crippen molar-refractivity contribution in [3.05, 3.63) is 65.6 Å². The maximum atomic E-state index is 10.00. The van der Waals surface area contributed by atoms with E-state index in [1.807, 2.05) is 36.8 Å². The molecule has 1 atom stereocenters. The number of fused-ring (bicyclic) bond motifs is 1. The van der Waals surface area contributed by atoms with Gasteiger partial charge in [0.15, 0.2) is 0 Å². The lowest BCUT2D eigenvalue weighted by Crippen LogP contribution is -2.30. The van der Waals surface area contributed by atoms with Gasteiger partial charge in [-0.15, -0.1) is 0 Å². The molecule has 5 rings (SSSR count). The summed E-state index contributed by atoms with van der Waals surface area (Å²) >= 11 is 0. The van der Waals surface area contributed by atoms with Crippen LogP contribution < -0.4 is 21.1 Å². The van der Waals surface area contributed by atoms with Crippen molar-refractivity contribution < 1.29 is 47.7 Å². The van der Waals surface area contributed by atoms with E-state index in [-0.39, 0.29) is 5.75 Å². The van der Waals surface area contributed by atoms with Gasteiger partial charge in [-0.25, -0.2) is 14.5 Å². The van der Waals surface area contributed by atoms with Crippen molar-refractivity contribution in [3.63, 3.8) is 0 Å². The van der Waals surface area contributed by atoms with Crippen LogP contribution in [0.4, 0.5) is 11.4 Å². The van der Waals surface area contributed by atoms with Crippen LogP contribution in [0.5, 0.6) is 11.6 Å². The van der Waals surface area contributed by atoms with Crippen molar-refractivity contribution in [2.45, 2.75) is 39.2 Å². The molecular weight excluding hydrogens is 787 g/mol. The van der Waals surface area contributed by atoms with Crippen LogP contribution in [-0.4, -0.2) is 157 Å². The standard InChI is InChI=1S/C44H65N7O10/c1-4-34-27-37(52)7-8-40(34)50-44(45)39-31-49-51-32-35(28-41(51)43(39)48-29-36-6-5-9-46-36)38-30-47-42(26-33(38)2)61-25-24-60-23-22-59-21-20-58-19-18-57-17-16-56-15-14-55-13-12-54-11-10-53-3/h7-8,26-28,30-32,36,46,48,52H,4-6,9-25,29H2,1-3H3,(H2,45,50)/t36-/m1/s1. The molecule has 1 aromatic carbocycles. The molecule has 61 heavy (non-hydrogen) atoms. The van der Waals surface area contributed by atoms with E-state index < -0.39 is 0 Å². The Bertz CT molecular complexity index is 1890. The van der Waals surface area contributed by atoms with Crippen molar-refractivity contribution in [2.24, 2.45) is 10.7 Å². The number of pyridine rings is 1. The highest BCUT2D eigenvalue weighted by Crippen LogP contribution is 2.32. The molecule has 17 nitrogen and oxygen atoms in total. The number of nitrogens with one attached hydrogen (secondary N) is 2. The predicted octanol–water partition coefficient (Wildman–Crippen LogP) is 4.32. The number of ether oxygens (including phenoxy) is 9. The zero-order valence-electron chi connectivity index (χ0n) is 36.0. The molecule has 0 unspecified atom stereocenters. The summed E-state index contributed by atoms with van der Waals surface area (Å²) in [6.07, 6.45) is 8.52. The maximum Gasteiger partial charge on any atom is 0.213 e. The van der Waals surface area contributed by atoms with Crippen LogP contribution in [0, 0.1) is 6.92 Å². The first-order valence-corrected chi connectivity index (χ1v) is 21.2. The van der Waals surface area contributed by atoms with Crippen LogP contribution >= 0.6 is 0 Å². The highest BCUT2D eigenvalue weighted by Gasteiger charge is 2.19. The fraction of sp³-hybridized carbons (Fsp3) is 0.568. The fourth-order valence-corrected chi connectivity index (χ4v) is 6.57. The number of aromatic nitrogens is 3. The predicted molar refractivity (Wildman–Crippen MR) is 234 cm³/mol. The molecule has 1 aliphatic heterocycles. The van der Waals surface area contributed by atoms with Crippen molar-refractivity contribution in [2.75, 3.05) is 131 Å². The topological polar surface area (TPSA) is 196 Å². The largest absolute Gasteiger partial charge is 0.508 e. The number of hydrogen-bond donors (Lipinski definition) is 4. The van der Waals surface area contributed by atoms with Crippen molar-refractivity contribution in [1.29, 1.82) is 0 Å². The summed E-state index contributed by atoms with van der Waals surface area (Å²) in [6.45, 7) is 13.7. The smallest absolute Gasteiger partial charge is 0.213 e. The molecule has 3 aromatic heterocycles. The molecule has 0 saturated carbocycles.